The maximum atomic E-state index is 13.4. The van der Waals surface area contributed by atoms with E-state index in [9.17, 15) is 4.79 Å². The first-order chi connectivity index (χ1) is 13.4. The van der Waals surface area contributed by atoms with E-state index < -0.39 is 0 Å². The van der Waals surface area contributed by atoms with Gasteiger partial charge in [0, 0.05) is 21.8 Å². The fraction of sp³-hybridized carbons (Fsp3) is 0.190. The van der Waals surface area contributed by atoms with Gasteiger partial charge in [0.2, 0.25) is 0 Å². The molecule has 0 atom stereocenters. The fourth-order valence-corrected chi connectivity index (χ4v) is 5.10. The lowest BCUT2D eigenvalue weighted by molar-refractivity contribution is 0.796. The van der Waals surface area contributed by atoms with Gasteiger partial charge in [-0.3, -0.25) is 4.79 Å². The molecule has 0 saturated carbocycles. The molecule has 3 heterocycles. The number of fused-ring (bicyclic) bond motifs is 1. The molecule has 0 saturated heterocycles. The first kappa shape index (κ1) is 19.2. The molecule has 0 bridgehead atoms. The first-order valence-corrected chi connectivity index (χ1v) is 10.9. The highest BCUT2D eigenvalue weighted by molar-refractivity contribution is 7.98. The van der Waals surface area contributed by atoms with Gasteiger partial charge in [0.25, 0.3) is 5.56 Å². The van der Waals surface area contributed by atoms with Gasteiger partial charge in [-0.05, 0) is 61.7 Å². The van der Waals surface area contributed by atoms with Crippen molar-refractivity contribution in [1.82, 2.24) is 14.5 Å². The van der Waals surface area contributed by atoms with Crippen LogP contribution in [0, 0.1) is 20.8 Å². The maximum Gasteiger partial charge on any atom is 0.269 e. The van der Waals surface area contributed by atoms with Crippen LogP contribution in [0.2, 0.25) is 5.02 Å². The van der Waals surface area contributed by atoms with Crippen LogP contribution in [0.1, 0.15) is 21.6 Å². The molecule has 0 fully saturated rings. The normalized spacial score (nSPS) is 11.3. The summed E-state index contributed by atoms with van der Waals surface area (Å²) in [6.45, 7) is 5.99. The highest BCUT2D eigenvalue weighted by Crippen LogP contribution is 2.30. The minimum Gasteiger partial charge on any atom is -0.268 e. The van der Waals surface area contributed by atoms with Gasteiger partial charge in [-0.25, -0.2) is 14.5 Å². The Balaban J connectivity index is 1.86. The molecule has 0 N–H and O–H groups in total. The summed E-state index contributed by atoms with van der Waals surface area (Å²) in [6, 6.07) is 11.5. The monoisotopic (exact) mass is 427 g/mol. The molecule has 0 aliphatic rings. The van der Waals surface area contributed by atoms with Crippen molar-refractivity contribution in [3.8, 4) is 5.82 Å². The number of aromatic nitrogens is 3. The molecule has 4 rings (SSSR count). The van der Waals surface area contributed by atoms with Crippen LogP contribution in [0.4, 0.5) is 0 Å². The number of rotatable bonds is 4. The first-order valence-electron chi connectivity index (χ1n) is 8.77. The van der Waals surface area contributed by atoms with Crippen LogP contribution in [-0.2, 0) is 5.75 Å². The van der Waals surface area contributed by atoms with Crippen molar-refractivity contribution >= 4 is 44.9 Å². The molecule has 28 heavy (non-hydrogen) atoms. The summed E-state index contributed by atoms with van der Waals surface area (Å²) in [4.78, 5) is 24.6. The van der Waals surface area contributed by atoms with E-state index in [-0.39, 0.29) is 5.56 Å². The zero-order valence-corrected chi connectivity index (χ0v) is 18.1. The van der Waals surface area contributed by atoms with Crippen LogP contribution in [0.25, 0.3) is 16.0 Å². The zero-order valence-electron chi connectivity index (χ0n) is 15.7. The Morgan fingerprint density at radius 1 is 1.14 bits per heavy atom. The molecule has 1 aromatic carbocycles. The van der Waals surface area contributed by atoms with E-state index in [1.54, 1.807) is 22.1 Å². The summed E-state index contributed by atoms with van der Waals surface area (Å²) in [5, 5.41) is 2.03. The van der Waals surface area contributed by atoms with Crippen molar-refractivity contribution in [3.63, 3.8) is 0 Å². The minimum atomic E-state index is -0.0662. The molecule has 4 nitrogen and oxygen atoms in total. The SMILES string of the molecule is Cc1ccnc(-n2c(SCc3ccc(Cl)cc3)nc3sc(C)c(C)c3c2=O)c1. The lowest BCUT2D eigenvalue weighted by atomic mass is 10.2. The Bertz CT molecular complexity index is 1230. The van der Waals surface area contributed by atoms with Crippen molar-refractivity contribution in [1.29, 1.82) is 0 Å². The number of hydrogen-bond acceptors (Lipinski definition) is 5. The van der Waals surface area contributed by atoms with Gasteiger partial charge in [0.15, 0.2) is 5.16 Å². The van der Waals surface area contributed by atoms with Gasteiger partial charge in [-0.15, -0.1) is 11.3 Å². The van der Waals surface area contributed by atoms with Gasteiger partial charge in [-0.2, -0.15) is 0 Å². The topological polar surface area (TPSA) is 47.8 Å². The minimum absolute atomic E-state index is 0.0662. The summed E-state index contributed by atoms with van der Waals surface area (Å²) >= 11 is 9.07. The quantitative estimate of drug-likeness (QED) is 0.309. The largest absolute Gasteiger partial charge is 0.269 e. The number of pyridine rings is 1. The Hall–Kier alpha value is -2.15. The third-order valence-corrected chi connectivity index (χ3v) is 6.95. The molecule has 0 aliphatic heterocycles. The van der Waals surface area contributed by atoms with E-state index in [2.05, 4.69) is 4.98 Å². The van der Waals surface area contributed by atoms with Crippen LogP contribution >= 0.6 is 34.7 Å². The van der Waals surface area contributed by atoms with Crippen molar-refractivity contribution in [2.45, 2.75) is 31.7 Å². The predicted octanol–water partition coefficient (Wildman–Crippen LogP) is 5.71. The van der Waals surface area contributed by atoms with E-state index in [4.69, 9.17) is 16.6 Å². The highest BCUT2D eigenvalue weighted by atomic mass is 35.5. The summed E-state index contributed by atoms with van der Waals surface area (Å²) in [6.07, 6.45) is 1.72. The standard InChI is InChI=1S/C21H18ClN3OS2/c1-12-8-9-23-17(10-12)25-20(26)18-13(2)14(3)28-19(18)24-21(25)27-11-15-4-6-16(22)7-5-15/h4-10H,11H2,1-3H3. The van der Waals surface area contributed by atoms with Crippen LogP contribution in [0.3, 0.4) is 0 Å². The second-order valence-electron chi connectivity index (χ2n) is 6.60. The second-order valence-corrected chi connectivity index (χ2v) is 9.19. The van der Waals surface area contributed by atoms with E-state index in [1.165, 1.54) is 11.8 Å². The molecular formula is C21H18ClN3OS2. The number of nitrogens with zero attached hydrogens (tertiary/aromatic N) is 3. The third kappa shape index (κ3) is 3.60. The molecule has 7 heteroatoms. The Labute approximate surface area is 176 Å². The molecule has 0 spiro atoms. The predicted molar refractivity (Wildman–Crippen MR) is 118 cm³/mol. The number of benzene rings is 1. The lowest BCUT2D eigenvalue weighted by Crippen LogP contribution is -2.22. The van der Waals surface area contributed by atoms with Gasteiger partial charge >= 0.3 is 0 Å². The average molecular weight is 428 g/mol. The summed E-state index contributed by atoms with van der Waals surface area (Å²) in [5.41, 5.74) is 3.09. The fourth-order valence-electron chi connectivity index (χ4n) is 2.95. The summed E-state index contributed by atoms with van der Waals surface area (Å²) in [7, 11) is 0. The molecule has 0 aliphatic carbocycles. The van der Waals surface area contributed by atoms with Gasteiger partial charge in [0.05, 0.1) is 5.39 Å². The van der Waals surface area contributed by atoms with E-state index in [1.807, 2.05) is 57.2 Å². The maximum absolute atomic E-state index is 13.4. The molecule has 0 unspecified atom stereocenters. The summed E-state index contributed by atoms with van der Waals surface area (Å²) in [5.74, 6) is 1.28. The molecular weight excluding hydrogens is 410 g/mol. The second kappa shape index (κ2) is 7.70. The van der Waals surface area contributed by atoms with Crippen LogP contribution in [0.15, 0.2) is 52.5 Å². The number of thioether (sulfide) groups is 1. The van der Waals surface area contributed by atoms with Gasteiger partial charge in [-0.1, -0.05) is 35.5 Å². The molecule has 142 valence electrons. The van der Waals surface area contributed by atoms with E-state index in [0.29, 0.717) is 27.1 Å². The molecule has 3 aromatic heterocycles. The third-order valence-electron chi connectivity index (χ3n) is 4.58. The van der Waals surface area contributed by atoms with Crippen molar-refractivity contribution in [3.05, 3.63) is 79.5 Å². The molecule has 0 amide bonds. The number of aryl methyl sites for hydroxylation is 3. The van der Waals surface area contributed by atoms with Crippen molar-refractivity contribution in [2.24, 2.45) is 0 Å². The van der Waals surface area contributed by atoms with Gasteiger partial charge in [0.1, 0.15) is 10.6 Å². The summed E-state index contributed by atoms with van der Waals surface area (Å²) < 4.78 is 1.63. The van der Waals surface area contributed by atoms with Gasteiger partial charge < -0.3 is 0 Å². The number of thiophene rings is 1. The smallest absolute Gasteiger partial charge is 0.268 e. The van der Waals surface area contributed by atoms with Crippen molar-refractivity contribution in [2.75, 3.05) is 0 Å². The lowest BCUT2D eigenvalue weighted by Gasteiger charge is -2.12. The molecule has 0 radical (unpaired) electrons. The van der Waals surface area contributed by atoms with E-state index >= 15 is 0 Å². The van der Waals surface area contributed by atoms with Crippen LogP contribution in [-0.4, -0.2) is 14.5 Å². The Kier molecular flexibility index (Phi) is 5.27. The van der Waals surface area contributed by atoms with Crippen LogP contribution < -0.4 is 5.56 Å². The zero-order chi connectivity index (χ0) is 19.8. The van der Waals surface area contributed by atoms with Crippen LogP contribution in [0.5, 0.6) is 0 Å². The Morgan fingerprint density at radius 2 is 1.89 bits per heavy atom. The number of halogens is 1. The average Bonchev–Trinajstić information content (AvgIpc) is 2.95. The highest BCUT2D eigenvalue weighted by Gasteiger charge is 2.18. The van der Waals surface area contributed by atoms with Crippen molar-refractivity contribution < 1.29 is 0 Å². The Morgan fingerprint density at radius 3 is 2.61 bits per heavy atom. The number of hydrogen-bond donors (Lipinski definition) is 0. The molecule has 4 aromatic rings. The van der Waals surface area contributed by atoms with E-state index in [0.717, 1.165) is 26.4 Å².